The van der Waals surface area contributed by atoms with Crippen LogP contribution in [0.3, 0.4) is 0 Å². The number of carbonyl (C=O) groups excluding carboxylic acids is 3. The van der Waals surface area contributed by atoms with Crippen molar-refractivity contribution in [1.82, 2.24) is 4.90 Å². The molecule has 51 heavy (non-hydrogen) atoms. The molecule has 0 unspecified atom stereocenters. The first kappa shape index (κ1) is 37.1. The van der Waals surface area contributed by atoms with Gasteiger partial charge >= 0.3 is 12.1 Å². The van der Waals surface area contributed by atoms with E-state index in [4.69, 9.17) is 23.7 Å². The maximum Gasteiger partial charge on any atom is 0.508 e. The second-order valence-electron chi connectivity index (χ2n) is 11.3. The number of thioether (sulfide) groups is 1. The predicted octanol–water partition coefficient (Wildman–Crippen LogP) is 6.13. The monoisotopic (exact) mass is 725 g/mol. The smallest absolute Gasteiger partial charge is 0.497 e. The van der Waals surface area contributed by atoms with E-state index in [1.54, 1.807) is 38.3 Å². The Kier molecular flexibility index (Phi) is 12.8. The SMILES string of the molecule is C=CCOC(=O)O[C@H](C)[C@H]1C(=O)N(C(C(=O)OCC=C)=P(c2ccccc2)(c2ccccc2)c2ccccc2)[C@@H]1SCOc1ccc(OC)cc1. The summed E-state index contributed by atoms with van der Waals surface area (Å²) in [6.07, 6.45) is 1.07. The van der Waals surface area contributed by atoms with Crippen LogP contribution in [0.25, 0.3) is 0 Å². The van der Waals surface area contributed by atoms with E-state index in [0.717, 1.165) is 15.9 Å². The second kappa shape index (κ2) is 17.7. The van der Waals surface area contributed by atoms with Crippen molar-refractivity contribution < 1.29 is 38.1 Å². The van der Waals surface area contributed by atoms with Crippen LogP contribution in [-0.2, 0) is 23.8 Å². The minimum Gasteiger partial charge on any atom is -0.497 e. The Bertz CT molecular complexity index is 1770. The summed E-state index contributed by atoms with van der Waals surface area (Å²) in [6, 6.07) is 36.3. The van der Waals surface area contributed by atoms with Crippen LogP contribution >= 0.6 is 18.6 Å². The van der Waals surface area contributed by atoms with Crippen molar-refractivity contribution in [2.24, 2.45) is 5.92 Å². The maximum absolute atomic E-state index is 14.7. The van der Waals surface area contributed by atoms with Crippen LogP contribution in [0, 0.1) is 5.92 Å². The van der Waals surface area contributed by atoms with E-state index in [2.05, 4.69) is 13.2 Å². The third-order valence-electron chi connectivity index (χ3n) is 8.21. The van der Waals surface area contributed by atoms with E-state index in [1.165, 1.54) is 28.8 Å². The van der Waals surface area contributed by atoms with Crippen LogP contribution in [-0.4, -0.2) is 66.1 Å². The molecule has 9 nitrogen and oxygen atoms in total. The minimum atomic E-state index is -3.15. The lowest BCUT2D eigenvalue weighted by Crippen LogP contribution is -2.67. The summed E-state index contributed by atoms with van der Waals surface area (Å²) in [4.78, 5) is 43.4. The molecule has 0 saturated carbocycles. The molecule has 1 amide bonds. The molecule has 1 aliphatic rings. The van der Waals surface area contributed by atoms with Gasteiger partial charge in [-0.15, -0.1) is 0 Å². The first-order chi connectivity index (χ1) is 24.9. The highest BCUT2D eigenvalue weighted by Gasteiger charge is 2.57. The van der Waals surface area contributed by atoms with Crippen molar-refractivity contribution in [1.29, 1.82) is 0 Å². The Morgan fingerprint density at radius 1 is 0.784 bits per heavy atom. The fourth-order valence-electron chi connectivity index (χ4n) is 5.92. The number of likely N-dealkylation sites (tertiary alicyclic amines) is 1. The lowest BCUT2D eigenvalue weighted by Gasteiger charge is -2.50. The average molecular weight is 726 g/mol. The van der Waals surface area contributed by atoms with Crippen molar-refractivity contribution in [3.63, 3.8) is 0 Å². The van der Waals surface area contributed by atoms with E-state index >= 15 is 0 Å². The first-order valence-corrected chi connectivity index (χ1v) is 19.1. The summed E-state index contributed by atoms with van der Waals surface area (Å²) in [5, 5.41) is 1.83. The van der Waals surface area contributed by atoms with Crippen molar-refractivity contribution in [2.45, 2.75) is 18.4 Å². The van der Waals surface area contributed by atoms with Gasteiger partial charge in [0.2, 0.25) is 5.91 Å². The number of rotatable bonds is 16. The molecule has 1 heterocycles. The molecular weight excluding hydrogens is 685 g/mol. The molecule has 11 heteroatoms. The summed E-state index contributed by atoms with van der Waals surface area (Å²) >= 11 is 1.30. The molecule has 1 aliphatic heterocycles. The van der Waals surface area contributed by atoms with E-state index in [1.807, 2.05) is 91.0 Å². The molecule has 0 aliphatic carbocycles. The van der Waals surface area contributed by atoms with Crippen LogP contribution in [0.15, 0.2) is 141 Å². The third kappa shape index (κ3) is 8.08. The topological polar surface area (TPSA) is 101 Å². The van der Waals surface area contributed by atoms with Gasteiger partial charge in [0, 0.05) is 6.89 Å². The van der Waals surface area contributed by atoms with Crippen LogP contribution in [0.5, 0.6) is 11.5 Å². The Morgan fingerprint density at radius 2 is 1.27 bits per heavy atom. The van der Waals surface area contributed by atoms with Gasteiger partial charge in [0.25, 0.3) is 0 Å². The first-order valence-electron chi connectivity index (χ1n) is 16.2. The molecule has 5 rings (SSSR count). The van der Waals surface area contributed by atoms with Crippen LogP contribution in [0.1, 0.15) is 6.92 Å². The van der Waals surface area contributed by atoms with Gasteiger partial charge in [-0.1, -0.05) is 128 Å². The fraction of sp³-hybridized carbons (Fsp3) is 0.200. The van der Waals surface area contributed by atoms with Gasteiger partial charge in [0.15, 0.2) is 0 Å². The molecule has 3 atom stereocenters. The van der Waals surface area contributed by atoms with Crippen molar-refractivity contribution in [2.75, 3.05) is 26.3 Å². The number of carbonyl (C=O) groups is 3. The van der Waals surface area contributed by atoms with E-state index in [-0.39, 0.29) is 24.6 Å². The summed E-state index contributed by atoms with van der Waals surface area (Å²) in [6.45, 7) is 5.68. The van der Waals surface area contributed by atoms with Gasteiger partial charge in [-0.2, -0.15) is 0 Å². The molecule has 0 spiro atoms. The fourth-order valence-corrected chi connectivity index (χ4v) is 11.6. The Labute approximate surface area is 302 Å². The Morgan fingerprint density at radius 3 is 1.76 bits per heavy atom. The summed E-state index contributed by atoms with van der Waals surface area (Å²) < 4.78 is 27.9. The molecule has 0 radical (unpaired) electrons. The van der Waals surface area contributed by atoms with Crippen molar-refractivity contribution in [3.8, 4) is 11.5 Å². The molecular formula is C40H40NO8PS. The third-order valence-corrected chi connectivity index (χ3v) is 13.6. The lowest BCUT2D eigenvalue weighted by atomic mass is 9.92. The van der Waals surface area contributed by atoms with E-state index in [9.17, 15) is 14.4 Å². The zero-order valence-electron chi connectivity index (χ0n) is 28.5. The number of esters is 1. The Balaban J connectivity index is 1.72. The number of nitrogens with zero attached hydrogens (tertiary/aromatic N) is 1. The van der Waals surface area contributed by atoms with Crippen LogP contribution in [0.2, 0.25) is 0 Å². The quantitative estimate of drug-likeness (QED) is 0.0444. The number of amides is 1. The molecule has 4 aromatic carbocycles. The highest BCUT2D eigenvalue weighted by molar-refractivity contribution is 8.00. The van der Waals surface area contributed by atoms with E-state index in [0.29, 0.717) is 11.5 Å². The second-order valence-corrected chi connectivity index (χ2v) is 15.7. The maximum atomic E-state index is 14.7. The number of hydrogen-bond acceptors (Lipinski definition) is 9. The number of β-lactam (4-membered cyclic amide) rings is 1. The van der Waals surface area contributed by atoms with Gasteiger partial charge < -0.3 is 23.7 Å². The molecule has 0 aromatic heterocycles. The predicted molar refractivity (Wildman–Crippen MR) is 204 cm³/mol. The molecule has 1 fully saturated rings. The minimum absolute atomic E-state index is 0.0462. The Hall–Kier alpha value is -5.18. The zero-order chi connectivity index (χ0) is 36.2. The zero-order valence-corrected chi connectivity index (χ0v) is 30.2. The van der Waals surface area contributed by atoms with Gasteiger partial charge in [-0.3, -0.25) is 9.69 Å². The molecule has 264 valence electrons. The van der Waals surface area contributed by atoms with Crippen LogP contribution in [0.4, 0.5) is 4.79 Å². The summed E-state index contributed by atoms with van der Waals surface area (Å²) in [5.41, 5.74) is 0.192. The summed E-state index contributed by atoms with van der Waals surface area (Å²) in [7, 11) is 1.58. The number of methoxy groups -OCH3 is 1. The lowest BCUT2D eigenvalue weighted by molar-refractivity contribution is -0.152. The standard InChI is InChI=1S/C40H40NO8PS/c1-5-26-46-39(43)37(50(32-16-10-7-11-17-32,33-18-12-8-13-19-33)34-20-14-9-15-21-34)41-36(42)35(29(3)49-40(44)47-27-6-2)38(41)51-28-48-31-24-22-30(45-4)23-25-31/h5-25,29,35,38H,1-2,26-28H2,3-4H3/t29-,35+,38-/m1/s1. The molecule has 0 bridgehead atoms. The van der Waals surface area contributed by atoms with Gasteiger partial charge in [-0.25, -0.2) is 9.59 Å². The van der Waals surface area contributed by atoms with Gasteiger partial charge in [0.1, 0.15) is 53.5 Å². The normalized spacial score (nSPS) is 15.8. The largest absolute Gasteiger partial charge is 0.508 e. The molecule has 4 aromatic rings. The number of ether oxygens (including phenoxy) is 5. The van der Waals surface area contributed by atoms with Crippen LogP contribution < -0.4 is 25.4 Å². The highest BCUT2D eigenvalue weighted by Crippen LogP contribution is 2.51. The van der Waals surface area contributed by atoms with Gasteiger partial charge in [0.05, 0.1) is 7.11 Å². The number of hydrogen-bond donors (Lipinski definition) is 0. The molecule has 0 N–H and O–H groups in total. The van der Waals surface area contributed by atoms with Crippen molar-refractivity contribution in [3.05, 3.63) is 141 Å². The molecule has 1 saturated heterocycles. The average Bonchev–Trinajstić information content (AvgIpc) is 3.17. The van der Waals surface area contributed by atoms with Crippen molar-refractivity contribution >= 4 is 58.0 Å². The number of benzene rings is 4. The summed E-state index contributed by atoms with van der Waals surface area (Å²) in [5.74, 6) is -0.542. The van der Waals surface area contributed by atoms with E-state index < -0.39 is 42.3 Å². The van der Waals surface area contributed by atoms with Gasteiger partial charge in [-0.05, 0) is 47.1 Å². The highest BCUT2D eigenvalue weighted by atomic mass is 32.2.